The molecule has 0 aliphatic rings. The molecule has 1 N–H and O–H groups in total. The van der Waals surface area contributed by atoms with Gasteiger partial charge in [0.05, 0.1) is 5.60 Å². The van der Waals surface area contributed by atoms with E-state index in [0.717, 1.165) is 12.8 Å². The van der Waals surface area contributed by atoms with E-state index in [4.69, 9.17) is 0 Å². The molecule has 1 atom stereocenters. The Hall–Kier alpha value is 0.180. The molecule has 1 nitrogen and oxygen atoms in total. The number of hydrogen-bond donors (Lipinski definition) is 1. The lowest BCUT2D eigenvalue weighted by atomic mass is 9.99. The lowest BCUT2D eigenvalue weighted by Crippen LogP contribution is -2.19. The minimum Gasteiger partial charge on any atom is -0.386 e. The summed E-state index contributed by atoms with van der Waals surface area (Å²) in [5.41, 5.74) is -0.626. The maximum Gasteiger partial charge on any atom is 0.0807 e. The van der Waals surface area contributed by atoms with Crippen molar-refractivity contribution in [3.63, 3.8) is 0 Å². The lowest BCUT2D eigenvalue weighted by Gasteiger charge is -2.17. The summed E-state index contributed by atoms with van der Waals surface area (Å²) in [5, 5.41) is 9.62. The molecule has 0 rings (SSSR count). The molecule has 0 aliphatic carbocycles. The first-order valence-electron chi connectivity index (χ1n) is 4.12. The maximum absolute atomic E-state index is 9.62. The Labute approximate surface area is 77.6 Å². The molecule has 0 heterocycles. The molecule has 0 aromatic rings. The molecule has 0 spiro atoms. The Morgan fingerprint density at radius 1 is 1.45 bits per heavy atom. The van der Waals surface area contributed by atoms with E-state index in [0.29, 0.717) is 0 Å². The molecule has 0 unspecified atom stereocenters. The van der Waals surface area contributed by atoms with E-state index in [1.54, 1.807) is 11.1 Å². The molecule has 0 aliphatic heterocycles. The van der Waals surface area contributed by atoms with Crippen LogP contribution in [-0.2, 0) is 0 Å². The zero-order valence-corrected chi connectivity index (χ0v) is 8.89. The van der Waals surface area contributed by atoms with E-state index in [-0.39, 0.29) is 0 Å². The summed E-state index contributed by atoms with van der Waals surface area (Å²) in [4.78, 5) is 1.72. The van der Waals surface area contributed by atoms with Gasteiger partial charge in [-0.3, -0.25) is 0 Å². The van der Waals surface area contributed by atoms with Gasteiger partial charge in [0.25, 0.3) is 0 Å². The smallest absolute Gasteiger partial charge is 0.0807 e. The number of rotatable bonds is 5. The Morgan fingerprint density at radius 2 is 2.09 bits per heavy atom. The average Bonchev–Trinajstić information content (AvgIpc) is 1.87. The van der Waals surface area contributed by atoms with Gasteiger partial charge in [-0.15, -0.1) is 0 Å². The van der Waals surface area contributed by atoms with Crippen LogP contribution in [0.1, 0.15) is 39.5 Å². The average molecular weight is 221 g/mol. The van der Waals surface area contributed by atoms with Gasteiger partial charge in [0.1, 0.15) is 0 Å². The molecule has 0 aromatic heterocycles. The van der Waals surface area contributed by atoms with Crippen molar-refractivity contribution in [3.8, 4) is 0 Å². The predicted molar refractivity (Wildman–Crippen MR) is 52.8 cm³/mol. The zero-order chi connectivity index (χ0) is 8.74. The lowest BCUT2D eigenvalue weighted by molar-refractivity contribution is 0.0989. The molecule has 0 amide bonds. The Balaban J connectivity index is 3.55. The van der Waals surface area contributed by atoms with Crippen LogP contribution in [-0.4, -0.2) is 10.7 Å². The quantitative estimate of drug-likeness (QED) is 0.706. The Morgan fingerprint density at radius 3 is 2.55 bits per heavy atom. The van der Waals surface area contributed by atoms with Crippen molar-refractivity contribution in [1.29, 1.82) is 0 Å². The van der Waals surface area contributed by atoms with Crippen LogP contribution in [0, 0.1) is 0 Å². The first-order chi connectivity index (χ1) is 5.12. The van der Waals surface area contributed by atoms with Crippen LogP contribution in [0.4, 0.5) is 0 Å². The van der Waals surface area contributed by atoms with Crippen LogP contribution in [0.5, 0.6) is 0 Å². The highest BCUT2D eigenvalue weighted by Crippen LogP contribution is 2.16. The SMILES string of the molecule is CCCCC[C@@](C)(O)C=CBr. The van der Waals surface area contributed by atoms with Crippen LogP contribution >= 0.6 is 15.9 Å². The topological polar surface area (TPSA) is 20.2 Å². The number of aliphatic hydroxyl groups is 1. The molecule has 66 valence electrons. The van der Waals surface area contributed by atoms with Gasteiger partial charge in [-0.2, -0.15) is 0 Å². The second kappa shape index (κ2) is 5.78. The first kappa shape index (κ1) is 11.2. The van der Waals surface area contributed by atoms with E-state index in [1.165, 1.54) is 12.8 Å². The molecule has 11 heavy (non-hydrogen) atoms. The number of hydrogen-bond acceptors (Lipinski definition) is 1. The fraction of sp³-hybridized carbons (Fsp3) is 0.778. The molecule has 2 heteroatoms. The van der Waals surface area contributed by atoms with Crippen LogP contribution in [0.3, 0.4) is 0 Å². The van der Waals surface area contributed by atoms with Crippen molar-refractivity contribution in [1.82, 2.24) is 0 Å². The summed E-state index contributed by atoms with van der Waals surface area (Å²) in [6, 6.07) is 0. The van der Waals surface area contributed by atoms with Crippen molar-refractivity contribution in [2.75, 3.05) is 0 Å². The summed E-state index contributed by atoms with van der Waals surface area (Å²) in [7, 11) is 0. The summed E-state index contributed by atoms with van der Waals surface area (Å²) in [6.07, 6.45) is 6.13. The minimum atomic E-state index is -0.626. The van der Waals surface area contributed by atoms with Crippen LogP contribution in [0.25, 0.3) is 0 Å². The molecule has 0 radical (unpaired) electrons. The monoisotopic (exact) mass is 220 g/mol. The molecule has 0 bridgehead atoms. The van der Waals surface area contributed by atoms with Gasteiger partial charge in [0.2, 0.25) is 0 Å². The van der Waals surface area contributed by atoms with Gasteiger partial charge < -0.3 is 5.11 Å². The fourth-order valence-corrected chi connectivity index (χ4v) is 1.52. The van der Waals surface area contributed by atoms with Crippen LogP contribution in [0.15, 0.2) is 11.1 Å². The van der Waals surface area contributed by atoms with Gasteiger partial charge in [-0.05, 0) is 24.4 Å². The third-order valence-corrected chi connectivity index (χ3v) is 1.97. The predicted octanol–water partition coefficient (Wildman–Crippen LogP) is 3.23. The highest BCUT2D eigenvalue weighted by atomic mass is 79.9. The first-order valence-corrected chi connectivity index (χ1v) is 5.04. The van der Waals surface area contributed by atoms with Gasteiger partial charge in [0, 0.05) is 0 Å². The number of halogens is 1. The fourth-order valence-electron chi connectivity index (χ4n) is 0.952. The summed E-state index contributed by atoms with van der Waals surface area (Å²) in [6.45, 7) is 4.00. The summed E-state index contributed by atoms with van der Waals surface area (Å²) < 4.78 is 0. The molecule has 0 fully saturated rings. The van der Waals surface area contributed by atoms with Crippen LogP contribution in [0.2, 0.25) is 0 Å². The largest absolute Gasteiger partial charge is 0.386 e. The highest BCUT2D eigenvalue weighted by molar-refractivity contribution is 9.11. The van der Waals surface area contributed by atoms with Crippen LogP contribution < -0.4 is 0 Å². The minimum absolute atomic E-state index is 0.626. The molecule has 0 saturated carbocycles. The van der Waals surface area contributed by atoms with Crippen molar-refractivity contribution in [2.45, 2.75) is 45.1 Å². The molecule has 0 aromatic carbocycles. The van der Waals surface area contributed by atoms with Gasteiger partial charge >= 0.3 is 0 Å². The molecular weight excluding hydrogens is 204 g/mol. The Bertz CT molecular complexity index is 119. The summed E-state index contributed by atoms with van der Waals surface area (Å²) >= 11 is 3.15. The van der Waals surface area contributed by atoms with E-state index < -0.39 is 5.60 Å². The maximum atomic E-state index is 9.62. The zero-order valence-electron chi connectivity index (χ0n) is 7.31. The molecule has 0 saturated heterocycles. The Kier molecular flexibility index (Phi) is 5.88. The van der Waals surface area contributed by atoms with Crippen molar-refractivity contribution in [3.05, 3.63) is 11.1 Å². The highest BCUT2D eigenvalue weighted by Gasteiger charge is 2.14. The van der Waals surface area contributed by atoms with E-state index in [1.807, 2.05) is 6.92 Å². The second-order valence-electron chi connectivity index (χ2n) is 3.11. The third kappa shape index (κ3) is 6.57. The standard InChI is InChI=1S/C9H17BrO/c1-3-4-5-6-9(2,11)7-8-10/h7-8,11H,3-6H2,1-2H3/t9-/m1/s1. The second-order valence-corrected chi connectivity index (χ2v) is 3.64. The van der Waals surface area contributed by atoms with E-state index in [2.05, 4.69) is 22.9 Å². The molecular formula is C9H17BrO. The van der Waals surface area contributed by atoms with Crippen molar-refractivity contribution in [2.24, 2.45) is 0 Å². The van der Waals surface area contributed by atoms with Crippen molar-refractivity contribution < 1.29 is 5.11 Å². The van der Waals surface area contributed by atoms with Gasteiger partial charge in [-0.1, -0.05) is 42.1 Å². The normalized spacial score (nSPS) is 17.1. The van der Waals surface area contributed by atoms with Crippen molar-refractivity contribution >= 4 is 15.9 Å². The number of unbranched alkanes of at least 4 members (excludes halogenated alkanes) is 2. The van der Waals surface area contributed by atoms with Gasteiger partial charge in [-0.25, -0.2) is 0 Å². The van der Waals surface area contributed by atoms with Gasteiger partial charge in [0.15, 0.2) is 0 Å². The third-order valence-electron chi connectivity index (χ3n) is 1.71. The summed E-state index contributed by atoms with van der Waals surface area (Å²) in [5.74, 6) is 0. The van der Waals surface area contributed by atoms with E-state index >= 15 is 0 Å². The van der Waals surface area contributed by atoms with E-state index in [9.17, 15) is 5.11 Å².